The van der Waals surface area contributed by atoms with Crippen LogP contribution in [-0.4, -0.2) is 59.6 Å². The maximum atomic E-state index is 16.6. The average Bonchev–Trinajstić information content (AvgIpc) is 2.83. The van der Waals surface area contributed by atoms with Gasteiger partial charge < -0.3 is 15.0 Å². The van der Waals surface area contributed by atoms with E-state index in [1.54, 1.807) is 40.1 Å². The molecular weight excluding hydrogens is 433 g/mol. The van der Waals surface area contributed by atoms with Crippen molar-refractivity contribution in [3.63, 3.8) is 0 Å². The van der Waals surface area contributed by atoms with Crippen LogP contribution in [0, 0.1) is 0 Å². The van der Waals surface area contributed by atoms with Gasteiger partial charge in [-0.15, -0.1) is 0 Å². The van der Waals surface area contributed by atoms with Crippen LogP contribution in [0.1, 0.15) is 31.9 Å². The van der Waals surface area contributed by atoms with Gasteiger partial charge in [0, 0.05) is 32.7 Å². The van der Waals surface area contributed by atoms with Crippen molar-refractivity contribution in [3.8, 4) is 0 Å². The molecule has 0 spiro atoms. The van der Waals surface area contributed by atoms with Crippen molar-refractivity contribution in [3.05, 3.63) is 84.4 Å². The second-order valence-corrected chi connectivity index (χ2v) is 9.45. The van der Waals surface area contributed by atoms with Crippen LogP contribution in [0.2, 0.25) is 0 Å². The molecule has 3 rings (SSSR count). The number of nitrogens with one attached hydrogen (secondary N) is 1. The first kappa shape index (κ1) is 25.4. The number of ether oxygens (including phenoxy) is 1. The second kappa shape index (κ2) is 10.8. The number of benzene rings is 2. The van der Waals surface area contributed by atoms with E-state index in [-0.39, 0.29) is 6.54 Å². The lowest BCUT2D eigenvalue weighted by atomic mass is 9.86. The average molecular weight is 468 g/mol. The van der Waals surface area contributed by atoms with Gasteiger partial charge in [0.2, 0.25) is 5.91 Å². The van der Waals surface area contributed by atoms with E-state index in [9.17, 15) is 9.59 Å². The third kappa shape index (κ3) is 6.23. The number of carbonyl (C=O) groups is 2. The summed E-state index contributed by atoms with van der Waals surface area (Å²) in [6.07, 6.45) is 0.797. The van der Waals surface area contributed by atoms with Crippen molar-refractivity contribution in [1.29, 1.82) is 0 Å². The van der Waals surface area contributed by atoms with E-state index >= 15 is 4.39 Å². The molecule has 1 fully saturated rings. The molecule has 1 heterocycles. The maximum absolute atomic E-state index is 16.6. The Bertz CT molecular complexity index is 970. The second-order valence-electron chi connectivity index (χ2n) is 9.45. The van der Waals surface area contributed by atoms with Crippen LogP contribution >= 0.6 is 0 Å². The van der Waals surface area contributed by atoms with E-state index in [1.807, 2.05) is 51.1 Å². The zero-order valence-corrected chi connectivity index (χ0v) is 20.2. The topological polar surface area (TPSA) is 61.9 Å². The first-order valence-corrected chi connectivity index (χ1v) is 11.6. The Balaban J connectivity index is 1.81. The van der Waals surface area contributed by atoms with Crippen LogP contribution in [0.5, 0.6) is 0 Å². The lowest BCUT2D eigenvalue weighted by Crippen LogP contribution is -2.61. The summed E-state index contributed by atoms with van der Waals surface area (Å²) in [7, 11) is 0. The summed E-state index contributed by atoms with van der Waals surface area (Å²) in [5, 5.41) is 2.90. The minimum atomic E-state index is -2.11. The fraction of sp³-hybridized carbons (Fsp3) is 0.407. The van der Waals surface area contributed by atoms with E-state index in [0.29, 0.717) is 31.7 Å². The van der Waals surface area contributed by atoms with Crippen LogP contribution < -0.4 is 5.32 Å². The van der Waals surface area contributed by atoms with E-state index in [1.165, 1.54) is 6.08 Å². The number of hydrogen-bond acceptors (Lipinski definition) is 4. The molecule has 34 heavy (non-hydrogen) atoms. The van der Waals surface area contributed by atoms with E-state index in [0.717, 1.165) is 5.56 Å². The highest BCUT2D eigenvalue weighted by Crippen LogP contribution is 2.35. The Morgan fingerprint density at radius 2 is 1.59 bits per heavy atom. The molecule has 1 N–H and O–H groups in total. The highest BCUT2D eigenvalue weighted by atomic mass is 19.1. The maximum Gasteiger partial charge on any atom is 0.410 e. The summed E-state index contributed by atoms with van der Waals surface area (Å²) in [6.45, 7) is 10.8. The molecule has 0 saturated carbocycles. The number of rotatable bonds is 7. The molecule has 2 aromatic rings. The molecule has 1 saturated heterocycles. The monoisotopic (exact) mass is 467 g/mol. The summed E-state index contributed by atoms with van der Waals surface area (Å²) in [6, 6.07) is 17.0. The minimum Gasteiger partial charge on any atom is -0.444 e. The standard InChI is InChI=1S/C27H34FN3O3/c1-5-27(28,22-14-10-7-11-15-22)23(24(32)29-20-21-12-8-6-9-13-21)30-16-18-31(19-17-30)25(33)34-26(2,3)4/h5-15,23H,1,16-20H2,2-4H3,(H,29,32)/t23-,27+/m0/s1. The van der Waals surface area contributed by atoms with Crippen molar-refractivity contribution < 1.29 is 18.7 Å². The number of piperazine rings is 1. The molecule has 0 aliphatic carbocycles. The number of carbonyl (C=O) groups excluding carboxylic acids is 2. The zero-order valence-electron chi connectivity index (χ0n) is 20.2. The van der Waals surface area contributed by atoms with Crippen LogP contribution in [0.4, 0.5) is 9.18 Å². The molecular formula is C27H34FN3O3. The molecule has 0 aromatic heterocycles. The first-order chi connectivity index (χ1) is 16.1. The number of halogens is 1. The smallest absolute Gasteiger partial charge is 0.410 e. The number of nitrogens with zero attached hydrogens (tertiary/aromatic N) is 2. The van der Waals surface area contributed by atoms with Crippen molar-refractivity contribution in [2.24, 2.45) is 0 Å². The Morgan fingerprint density at radius 1 is 1.03 bits per heavy atom. The van der Waals surface area contributed by atoms with Gasteiger partial charge in [0.15, 0.2) is 5.67 Å². The zero-order chi connectivity index (χ0) is 24.8. The lowest BCUT2D eigenvalue weighted by molar-refractivity contribution is -0.132. The predicted octanol–water partition coefficient (Wildman–Crippen LogP) is 4.28. The van der Waals surface area contributed by atoms with Gasteiger partial charge in [-0.2, -0.15) is 0 Å². The number of amides is 2. The quantitative estimate of drug-likeness (QED) is 0.618. The molecule has 6 nitrogen and oxygen atoms in total. The van der Waals surface area contributed by atoms with Gasteiger partial charge in [0.25, 0.3) is 0 Å². The first-order valence-electron chi connectivity index (χ1n) is 11.6. The highest BCUT2D eigenvalue weighted by Gasteiger charge is 2.47. The van der Waals surface area contributed by atoms with Crippen LogP contribution in [0.25, 0.3) is 0 Å². The highest BCUT2D eigenvalue weighted by molar-refractivity contribution is 5.84. The van der Waals surface area contributed by atoms with Gasteiger partial charge in [0.05, 0.1) is 0 Å². The molecule has 7 heteroatoms. The van der Waals surface area contributed by atoms with Gasteiger partial charge >= 0.3 is 6.09 Å². The molecule has 0 bridgehead atoms. The molecule has 0 radical (unpaired) electrons. The van der Waals surface area contributed by atoms with Gasteiger partial charge in [-0.25, -0.2) is 9.18 Å². The fourth-order valence-electron chi connectivity index (χ4n) is 4.07. The SMILES string of the molecule is C=C[C@@](F)(c1ccccc1)[C@H](C(=O)NCc1ccccc1)N1CCN(C(=O)OC(C)(C)C)CC1. The number of hydrogen-bond donors (Lipinski definition) is 1. The molecule has 2 amide bonds. The van der Waals surface area contributed by atoms with Crippen molar-refractivity contribution in [1.82, 2.24) is 15.1 Å². The molecule has 182 valence electrons. The van der Waals surface area contributed by atoms with Crippen molar-refractivity contribution >= 4 is 12.0 Å². The molecule has 1 aliphatic heterocycles. The largest absolute Gasteiger partial charge is 0.444 e. The van der Waals surface area contributed by atoms with Crippen LogP contribution in [0.3, 0.4) is 0 Å². The third-order valence-electron chi connectivity index (χ3n) is 5.80. The van der Waals surface area contributed by atoms with Gasteiger partial charge in [-0.05, 0) is 38.0 Å². The van der Waals surface area contributed by atoms with E-state index < -0.39 is 29.3 Å². The number of alkyl halides is 1. The van der Waals surface area contributed by atoms with Gasteiger partial charge in [-0.1, -0.05) is 67.2 Å². The summed E-state index contributed by atoms with van der Waals surface area (Å²) in [5.74, 6) is -0.430. The molecule has 0 unspecified atom stereocenters. The van der Waals surface area contributed by atoms with Gasteiger partial charge in [0.1, 0.15) is 11.6 Å². The Morgan fingerprint density at radius 3 is 2.12 bits per heavy atom. The van der Waals surface area contributed by atoms with Crippen molar-refractivity contribution in [2.45, 2.75) is 44.6 Å². The normalized spacial score (nSPS) is 17.4. The van der Waals surface area contributed by atoms with E-state index in [4.69, 9.17) is 4.74 Å². The van der Waals surface area contributed by atoms with Crippen molar-refractivity contribution in [2.75, 3.05) is 26.2 Å². The lowest BCUT2D eigenvalue weighted by Gasteiger charge is -2.43. The summed E-state index contributed by atoms with van der Waals surface area (Å²) in [4.78, 5) is 29.3. The molecule has 1 aliphatic rings. The molecule has 2 aromatic carbocycles. The Hall–Kier alpha value is -3.19. The van der Waals surface area contributed by atoms with Gasteiger partial charge in [-0.3, -0.25) is 9.69 Å². The fourth-order valence-corrected chi connectivity index (χ4v) is 4.07. The predicted molar refractivity (Wildman–Crippen MR) is 131 cm³/mol. The third-order valence-corrected chi connectivity index (χ3v) is 5.80. The summed E-state index contributed by atoms with van der Waals surface area (Å²) < 4.78 is 22.1. The summed E-state index contributed by atoms with van der Waals surface area (Å²) >= 11 is 0. The Kier molecular flexibility index (Phi) is 8.10. The Labute approximate surface area is 201 Å². The van der Waals surface area contributed by atoms with Crippen LogP contribution in [0.15, 0.2) is 73.3 Å². The molecule has 2 atom stereocenters. The summed E-state index contributed by atoms with van der Waals surface area (Å²) in [5.41, 5.74) is -1.43. The van der Waals surface area contributed by atoms with E-state index in [2.05, 4.69) is 11.9 Å². The minimum absolute atomic E-state index is 0.288. The van der Waals surface area contributed by atoms with Crippen LogP contribution in [-0.2, 0) is 21.7 Å².